The third-order valence-corrected chi connectivity index (χ3v) is 4.98. The minimum absolute atomic E-state index is 0.0156. The maximum Gasteiger partial charge on any atom is 0.416 e. The van der Waals surface area contributed by atoms with E-state index in [-0.39, 0.29) is 18.4 Å². The maximum absolute atomic E-state index is 12.7. The Hall–Kier alpha value is -1.56. The van der Waals surface area contributed by atoms with Gasteiger partial charge < -0.3 is 10.6 Å². The SMILES string of the molecule is CCC(C)(N)C1CCCCN1C(=O)Cc1ccc(C(F)(F)F)cc1. The molecule has 1 aliphatic rings. The molecule has 1 heterocycles. The Labute approximate surface area is 141 Å². The molecule has 1 aliphatic heterocycles. The highest BCUT2D eigenvalue weighted by molar-refractivity contribution is 5.79. The molecule has 2 N–H and O–H groups in total. The van der Waals surface area contributed by atoms with Gasteiger partial charge in [0.25, 0.3) is 0 Å². The van der Waals surface area contributed by atoms with Crippen molar-refractivity contribution in [1.29, 1.82) is 0 Å². The van der Waals surface area contributed by atoms with Gasteiger partial charge in [0.05, 0.1) is 12.0 Å². The zero-order chi connectivity index (χ0) is 18.0. The Morgan fingerprint density at radius 3 is 2.42 bits per heavy atom. The Morgan fingerprint density at radius 1 is 1.25 bits per heavy atom. The van der Waals surface area contributed by atoms with Crippen molar-refractivity contribution in [1.82, 2.24) is 4.90 Å². The van der Waals surface area contributed by atoms with Gasteiger partial charge in [-0.3, -0.25) is 4.79 Å². The molecule has 0 aromatic heterocycles. The number of hydrogen-bond acceptors (Lipinski definition) is 2. The number of rotatable bonds is 4. The van der Waals surface area contributed by atoms with Crippen LogP contribution in [0.4, 0.5) is 13.2 Å². The van der Waals surface area contributed by atoms with Crippen LogP contribution in [0.5, 0.6) is 0 Å². The summed E-state index contributed by atoms with van der Waals surface area (Å²) in [4.78, 5) is 14.5. The molecule has 6 heteroatoms. The minimum Gasteiger partial charge on any atom is -0.338 e. The lowest BCUT2D eigenvalue weighted by Crippen LogP contribution is -2.59. The fourth-order valence-corrected chi connectivity index (χ4v) is 3.24. The number of carbonyl (C=O) groups excluding carboxylic acids is 1. The number of alkyl halides is 3. The predicted octanol–water partition coefficient (Wildman–Crippen LogP) is 3.76. The van der Waals surface area contributed by atoms with Gasteiger partial charge in [0.2, 0.25) is 5.91 Å². The van der Waals surface area contributed by atoms with Crippen molar-refractivity contribution in [2.45, 2.75) is 63.7 Å². The van der Waals surface area contributed by atoms with Gasteiger partial charge in [-0.15, -0.1) is 0 Å². The van der Waals surface area contributed by atoms with Crippen LogP contribution in [0.1, 0.15) is 50.7 Å². The average Bonchev–Trinajstić information content (AvgIpc) is 2.54. The van der Waals surface area contributed by atoms with E-state index in [9.17, 15) is 18.0 Å². The van der Waals surface area contributed by atoms with Crippen molar-refractivity contribution in [2.24, 2.45) is 5.73 Å². The van der Waals surface area contributed by atoms with Crippen LogP contribution >= 0.6 is 0 Å². The van der Waals surface area contributed by atoms with Crippen LogP contribution in [0.2, 0.25) is 0 Å². The van der Waals surface area contributed by atoms with Gasteiger partial charge >= 0.3 is 6.18 Å². The molecule has 0 bridgehead atoms. The first-order valence-electron chi connectivity index (χ1n) is 8.39. The number of hydrogen-bond donors (Lipinski definition) is 1. The topological polar surface area (TPSA) is 46.3 Å². The molecule has 0 saturated carbocycles. The highest BCUT2D eigenvalue weighted by Crippen LogP contribution is 2.30. The van der Waals surface area contributed by atoms with Crippen molar-refractivity contribution in [3.8, 4) is 0 Å². The summed E-state index contributed by atoms with van der Waals surface area (Å²) < 4.78 is 37.8. The monoisotopic (exact) mass is 342 g/mol. The highest BCUT2D eigenvalue weighted by atomic mass is 19.4. The number of nitrogens with two attached hydrogens (primary N) is 1. The van der Waals surface area contributed by atoms with Gasteiger partial charge in [-0.2, -0.15) is 13.2 Å². The molecule has 2 atom stereocenters. The standard InChI is InChI=1S/C18H25F3N2O/c1-3-17(2,22)15-6-4-5-11-23(15)16(24)12-13-7-9-14(10-8-13)18(19,20)21/h7-10,15H,3-6,11-12,22H2,1-2H3. The Kier molecular flexibility index (Phi) is 5.58. The number of nitrogens with zero attached hydrogens (tertiary/aromatic N) is 1. The molecule has 1 aromatic carbocycles. The maximum atomic E-state index is 12.7. The van der Waals surface area contributed by atoms with Crippen LogP contribution < -0.4 is 5.73 Å². The molecule has 1 amide bonds. The molecule has 1 aromatic rings. The van der Waals surface area contributed by atoms with Crippen LogP contribution in [0.25, 0.3) is 0 Å². The Balaban J connectivity index is 2.10. The van der Waals surface area contributed by atoms with Gasteiger partial charge in [0.1, 0.15) is 0 Å². The summed E-state index contributed by atoms with van der Waals surface area (Å²) in [6.07, 6.45) is -0.630. The first-order chi connectivity index (χ1) is 11.1. The number of carbonyl (C=O) groups is 1. The van der Waals surface area contributed by atoms with Crippen molar-refractivity contribution >= 4 is 5.91 Å². The van der Waals surface area contributed by atoms with Crippen LogP contribution in [-0.4, -0.2) is 28.9 Å². The summed E-state index contributed by atoms with van der Waals surface area (Å²) >= 11 is 0. The van der Waals surface area contributed by atoms with Gasteiger partial charge in [-0.25, -0.2) is 0 Å². The number of halogens is 3. The normalized spacial score (nSPS) is 21.4. The zero-order valence-corrected chi connectivity index (χ0v) is 14.2. The summed E-state index contributed by atoms with van der Waals surface area (Å²) in [7, 11) is 0. The average molecular weight is 342 g/mol. The largest absolute Gasteiger partial charge is 0.416 e. The third kappa shape index (κ3) is 4.29. The molecule has 1 saturated heterocycles. The van der Waals surface area contributed by atoms with Crippen LogP contribution in [-0.2, 0) is 17.4 Å². The van der Waals surface area contributed by atoms with Crippen LogP contribution in [0.15, 0.2) is 24.3 Å². The highest BCUT2D eigenvalue weighted by Gasteiger charge is 2.37. The van der Waals surface area contributed by atoms with Gasteiger partial charge in [0, 0.05) is 18.1 Å². The van der Waals surface area contributed by atoms with Crippen molar-refractivity contribution in [3.05, 3.63) is 35.4 Å². The third-order valence-electron chi connectivity index (χ3n) is 4.98. The first-order valence-corrected chi connectivity index (χ1v) is 8.39. The molecule has 0 spiro atoms. The second-order valence-corrected chi connectivity index (χ2v) is 6.83. The molecule has 0 radical (unpaired) electrons. The van der Waals surface area contributed by atoms with Crippen molar-refractivity contribution in [2.75, 3.05) is 6.54 Å². The van der Waals surface area contributed by atoms with E-state index in [1.165, 1.54) is 12.1 Å². The number of likely N-dealkylation sites (tertiary alicyclic amines) is 1. The van der Waals surface area contributed by atoms with Crippen molar-refractivity contribution in [3.63, 3.8) is 0 Å². The van der Waals surface area contributed by atoms with E-state index in [0.717, 1.165) is 37.8 Å². The fourth-order valence-electron chi connectivity index (χ4n) is 3.24. The van der Waals surface area contributed by atoms with E-state index in [2.05, 4.69) is 0 Å². The number of benzene rings is 1. The lowest BCUT2D eigenvalue weighted by atomic mass is 9.83. The molecular formula is C18H25F3N2O. The number of amides is 1. The molecule has 0 aliphatic carbocycles. The number of piperidine rings is 1. The van der Waals surface area contributed by atoms with Crippen molar-refractivity contribution < 1.29 is 18.0 Å². The molecule has 3 nitrogen and oxygen atoms in total. The van der Waals surface area contributed by atoms with Crippen LogP contribution in [0.3, 0.4) is 0 Å². The smallest absolute Gasteiger partial charge is 0.338 e. The second kappa shape index (κ2) is 7.13. The van der Waals surface area contributed by atoms with Gasteiger partial charge in [-0.05, 0) is 50.3 Å². The summed E-state index contributed by atoms with van der Waals surface area (Å²) in [5.41, 5.74) is 5.80. The Morgan fingerprint density at radius 2 is 1.88 bits per heavy atom. The lowest BCUT2D eigenvalue weighted by molar-refractivity contribution is -0.137. The summed E-state index contributed by atoms with van der Waals surface area (Å²) in [5.74, 6) is -0.0652. The quantitative estimate of drug-likeness (QED) is 0.906. The van der Waals surface area contributed by atoms with E-state index in [4.69, 9.17) is 5.73 Å². The van der Waals surface area contributed by atoms with E-state index in [1.807, 2.05) is 18.7 Å². The Bertz CT molecular complexity index is 567. The van der Waals surface area contributed by atoms with Gasteiger partial charge in [0.15, 0.2) is 0 Å². The molecule has 134 valence electrons. The van der Waals surface area contributed by atoms with Crippen LogP contribution in [0, 0.1) is 0 Å². The molecule has 2 rings (SSSR count). The molecule has 24 heavy (non-hydrogen) atoms. The van der Waals surface area contributed by atoms with E-state index in [0.29, 0.717) is 12.1 Å². The summed E-state index contributed by atoms with van der Waals surface area (Å²) in [6, 6.07) is 4.78. The second-order valence-electron chi connectivity index (χ2n) is 6.83. The summed E-state index contributed by atoms with van der Waals surface area (Å²) in [5, 5.41) is 0. The zero-order valence-electron chi connectivity index (χ0n) is 14.2. The molecule has 1 fully saturated rings. The predicted molar refractivity (Wildman–Crippen MR) is 87.4 cm³/mol. The van der Waals surface area contributed by atoms with E-state index in [1.54, 1.807) is 0 Å². The minimum atomic E-state index is -4.36. The first kappa shape index (κ1) is 18.8. The fraction of sp³-hybridized carbons (Fsp3) is 0.611. The molecule has 2 unspecified atom stereocenters. The van der Waals surface area contributed by atoms with E-state index >= 15 is 0 Å². The van der Waals surface area contributed by atoms with E-state index < -0.39 is 17.3 Å². The lowest BCUT2D eigenvalue weighted by Gasteiger charge is -2.44. The summed E-state index contributed by atoms with van der Waals surface area (Å²) in [6.45, 7) is 4.63. The molecular weight excluding hydrogens is 317 g/mol. The van der Waals surface area contributed by atoms with Gasteiger partial charge in [-0.1, -0.05) is 19.1 Å².